The summed E-state index contributed by atoms with van der Waals surface area (Å²) in [5.74, 6) is -0.286. The Morgan fingerprint density at radius 1 is 0.966 bits per heavy atom. The van der Waals surface area contributed by atoms with Gasteiger partial charge in [0.2, 0.25) is 0 Å². The van der Waals surface area contributed by atoms with Crippen LogP contribution >= 0.6 is 0 Å². The average molecular weight is 387 g/mol. The van der Waals surface area contributed by atoms with E-state index < -0.39 is 5.60 Å². The summed E-state index contributed by atoms with van der Waals surface area (Å²) in [6, 6.07) is 28.8. The van der Waals surface area contributed by atoms with Gasteiger partial charge in [0.1, 0.15) is 17.9 Å². The number of benzene rings is 3. The van der Waals surface area contributed by atoms with E-state index in [-0.39, 0.29) is 18.3 Å². The fourth-order valence-electron chi connectivity index (χ4n) is 4.10. The molecule has 0 spiro atoms. The summed E-state index contributed by atoms with van der Waals surface area (Å²) in [7, 11) is 0. The van der Waals surface area contributed by atoms with Crippen LogP contribution in [0.3, 0.4) is 0 Å². The molecule has 0 saturated heterocycles. The number of carbonyl (C=O) groups is 1. The number of carbonyl (C=O) groups excluding carboxylic acids is 1. The summed E-state index contributed by atoms with van der Waals surface area (Å²) in [5, 5.41) is 3.48. The highest BCUT2D eigenvalue weighted by Gasteiger charge is 2.44. The van der Waals surface area contributed by atoms with Crippen LogP contribution < -0.4 is 5.32 Å². The van der Waals surface area contributed by atoms with Gasteiger partial charge in [-0.15, -0.1) is 0 Å². The summed E-state index contributed by atoms with van der Waals surface area (Å²) in [4.78, 5) is 11.4. The summed E-state index contributed by atoms with van der Waals surface area (Å²) in [5.41, 5.74) is 3.45. The second-order valence-electron chi connectivity index (χ2n) is 7.37. The highest BCUT2D eigenvalue weighted by atomic mass is 16.6. The molecular weight excluding hydrogens is 362 g/mol. The zero-order chi connectivity index (χ0) is 20.3. The van der Waals surface area contributed by atoms with Gasteiger partial charge in [0.15, 0.2) is 0 Å². The van der Waals surface area contributed by atoms with Crippen LogP contribution in [0.4, 0.5) is 5.69 Å². The summed E-state index contributed by atoms with van der Waals surface area (Å²) in [6.07, 6.45) is -0.0471. The van der Waals surface area contributed by atoms with Crippen molar-refractivity contribution in [3.63, 3.8) is 0 Å². The van der Waals surface area contributed by atoms with E-state index in [1.54, 1.807) is 0 Å². The molecule has 29 heavy (non-hydrogen) atoms. The van der Waals surface area contributed by atoms with Gasteiger partial charge in [-0.1, -0.05) is 78.9 Å². The third-order valence-corrected chi connectivity index (χ3v) is 5.22. The Hall–Kier alpha value is -3.11. The molecule has 1 aliphatic heterocycles. The Bertz CT molecular complexity index is 932. The standard InChI is InChI=1S/C25H25NO3/c1-18(28-19(2)27)17-24-26-23-16-10-9-15-22(23)25(29-24,20-11-5-3-6-12-20)21-13-7-4-8-14-21/h3-16,18,24,26H,17H2,1-2H3/t18-,24+/m0/s1. The molecule has 0 fully saturated rings. The molecule has 0 bridgehead atoms. The molecule has 0 aromatic heterocycles. The van der Waals surface area contributed by atoms with Gasteiger partial charge in [-0.05, 0) is 24.1 Å². The van der Waals surface area contributed by atoms with E-state index >= 15 is 0 Å². The SMILES string of the molecule is CC(=O)O[C@@H](C)C[C@@H]1Nc2ccccc2C(c2ccccc2)(c2ccccc2)O1. The molecular formula is C25H25NO3. The molecule has 148 valence electrons. The maximum atomic E-state index is 11.4. The van der Waals surface area contributed by atoms with Gasteiger partial charge in [-0.2, -0.15) is 0 Å². The number of hydrogen-bond acceptors (Lipinski definition) is 4. The minimum absolute atomic E-state index is 0.264. The second kappa shape index (κ2) is 8.10. The number of ether oxygens (including phenoxy) is 2. The Kier molecular flexibility index (Phi) is 5.36. The van der Waals surface area contributed by atoms with Crippen molar-refractivity contribution in [2.24, 2.45) is 0 Å². The molecule has 3 aromatic carbocycles. The minimum Gasteiger partial charge on any atom is -0.463 e. The molecule has 4 heteroatoms. The summed E-state index contributed by atoms with van der Waals surface area (Å²) < 4.78 is 12.2. The molecule has 0 unspecified atom stereocenters. The topological polar surface area (TPSA) is 47.6 Å². The lowest BCUT2D eigenvalue weighted by Gasteiger charge is -2.44. The number of rotatable bonds is 5. The third kappa shape index (κ3) is 3.76. The lowest BCUT2D eigenvalue weighted by molar-refractivity contribution is -0.148. The van der Waals surface area contributed by atoms with Crippen molar-refractivity contribution in [3.8, 4) is 0 Å². The third-order valence-electron chi connectivity index (χ3n) is 5.22. The van der Waals surface area contributed by atoms with Crippen LogP contribution in [0.5, 0.6) is 0 Å². The van der Waals surface area contributed by atoms with Crippen LogP contribution in [-0.4, -0.2) is 18.3 Å². The number of esters is 1. The normalized spacial score (nSPS) is 18.2. The van der Waals surface area contributed by atoms with Crippen molar-refractivity contribution in [2.75, 3.05) is 5.32 Å². The van der Waals surface area contributed by atoms with Crippen LogP contribution in [0, 0.1) is 0 Å². The fourth-order valence-corrected chi connectivity index (χ4v) is 4.10. The first-order chi connectivity index (χ1) is 14.1. The molecule has 4 rings (SSSR count). The number of para-hydroxylation sites is 1. The number of nitrogens with one attached hydrogen (secondary N) is 1. The fraction of sp³-hybridized carbons (Fsp3) is 0.240. The van der Waals surface area contributed by atoms with E-state index in [1.807, 2.05) is 55.5 Å². The first-order valence-corrected chi connectivity index (χ1v) is 9.92. The van der Waals surface area contributed by atoms with E-state index in [1.165, 1.54) is 6.92 Å². The molecule has 1 aliphatic rings. The minimum atomic E-state index is -0.759. The van der Waals surface area contributed by atoms with Gasteiger partial charge in [0.05, 0.1) is 0 Å². The molecule has 0 amide bonds. The van der Waals surface area contributed by atoms with E-state index in [9.17, 15) is 4.79 Å². The highest BCUT2D eigenvalue weighted by molar-refractivity contribution is 5.66. The lowest BCUT2D eigenvalue weighted by atomic mass is 9.78. The van der Waals surface area contributed by atoms with Crippen molar-refractivity contribution >= 4 is 11.7 Å². The predicted octanol–water partition coefficient (Wildman–Crippen LogP) is 5.09. The average Bonchev–Trinajstić information content (AvgIpc) is 2.73. The Balaban J connectivity index is 1.85. The number of anilines is 1. The van der Waals surface area contributed by atoms with E-state index in [0.29, 0.717) is 6.42 Å². The largest absolute Gasteiger partial charge is 0.463 e. The number of hydrogen-bond donors (Lipinski definition) is 1. The zero-order valence-electron chi connectivity index (χ0n) is 16.7. The second-order valence-corrected chi connectivity index (χ2v) is 7.37. The van der Waals surface area contributed by atoms with Crippen LogP contribution in [0.15, 0.2) is 84.9 Å². The molecule has 0 aliphatic carbocycles. The quantitative estimate of drug-likeness (QED) is 0.620. The molecule has 4 nitrogen and oxygen atoms in total. The monoisotopic (exact) mass is 387 g/mol. The zero-order valence-corrected chi connectivity index (χ0v) is 16.7. The van der Waals surface area contributed by atoms with Gasteiger partial charge in [0, 0.05) is 24.6 Å². The van der Waals surface area contributed by atoms with Crippen LogP contribution in [-0.2, 0) is 19.9 Å². The molecule has 0 saturated carbocycles. The molecule has 2 atom stereocenters. The van der Waals surface area contributed by atoms with Gasteiger partial charge >= 0.3 is 5.97 Å². The predicted molar refractivity (Wildman–Crippen MR) is 114 cm³/mol. The Morgan fingerprint density at radius 3 is 2.10 bits per heavy atom. The number of fused-ring (bicyclic) bond motifs is 1. The maximum Gasteiger partial charge on any atom is 0.302 e. The maximum absolute atomic E-state index is 11.4. The van der Waals surface area contributed by atoms with Gasteiger partial charge in [-0.3, -0.25) is 4.79 Å². The Morgan fingerprint density at radius 2 is 1.52 bits per heavy atom. The van der Waals surface area contributed by atoms with E-state index in [0.717, 1.165) is 22.4 Å². The van der Waals surface area contributed by atoms with Crippen LogP contribution in [0.1, 0.15) is 37.0 Å². The first kappa shape index (κ1) is 19.2. The van der Waals surface area contributed by atoms with Crippen molar-refractivity contribution in [1.82, 2.24) is 0 Å². The van der Waals surface area contributed by atoms with E-state index in [2.05, 4.69) is 41.7 Å². The highest BCUT2D eigenvalue weighted by Crippen LogP contribution is 2.47. The molecule has 3 aromatic rings. The van der Waals surface area contributed by atoms with Gasteiger partial charge < -0.3 is 14.8 Å². The summed E-state index contributed by atoms with van der Waals surface area (Å²) >= 11 is 0. The smallest absolute Gasteiger partial charge is 0.302 e. The van der Waals surface area contributed by atoms with Crippen LogP contribution in [0.2, 0.25) is 0 Å². The van der Waals surface area contributed by atoms with Crippen molar-refractivity contribution in [3.05, 3.63) is 102 Å². The molecule has 1 N–H and O–H groups in total. The Labute approximate surface area is 171 Å². The molecule has 0 radical (unpaired) electrons. The molecule has 1 heterocycles. The summed E-state index contributed by atoms with van der Waals surface area (Å²) in [6.45, 7) is 3.32. The van der Waals surface area contributed by atoms with E-state index in [4.69, 9.17) is 9.47 Å². The van der Waals surface area contributed by atoms with Gasteiger partial charge in [0.25, 0.3) is 0 Å². The van der Waals surface area contributed by atoms with Crippen molar-refractivity contribution in [2.45, 2.75) is 38.2 Å². The van der Waals surface area contributed by atoms with Crippen molar-refractivity contribution in [1.29, 1.82) is 0 Å². The van der Waals surface area contributed by atoms with Crippen LogP contribution in [0.25, 0.3) is 0 Å². The lowest BCUT2D eigenvalue weighted by Crippen LogP contribution is -2.45. The van der Waals surface area contributed by atoms with Gasteiger partial charge in [-0.25, -0.2) is 0 Å². The first-order valence-electron chi connectivity index (χ1n) is 9.92. The van der Waals surface area contributed by atoms with Crippen molar-refractivity contribution < 1.29 is 14.3 Å².